The average Bonchev–Trinajstić information content (AvgIpc) is 2.57. The number of rotatable bonds is 4. The van der Waals surface area contributed by atoms with Crippen molar-refractivity contribution in [3.63, 3.8) is 0 Å². The Kier molecular flexibility index (Phi) is 6.20. The Hall–Kier alpha value is -2.89. The highest BCUT2D eigenvalue weighted by Crippen LogP contribution is 2.29. The Morgan fingerprint density at radius 2 is 1.63 bits per heavy atom. The minimum Gasteiger partial charge on any atom is -0.457 e. The van der Waals surface area contributed by atoms with E-state index in [1.165, 1.54) is 24.4 Å². The van der Waals surface area contributed by atoms with Crippen molar-refractivity contribution in [2.45, 2.75) is 32.5 Å². The van der Waals surface area contributed by atoms with E-state index in [0.29, 0.717) is 16.8 Å². The van der Waals surface area contributed by atoms with Gasteiger partial charge in [0.1, 0.15) is 5.60 Å². The Bertz CT molecular complexity index is 845. The molecule has 0 aliphatic rings. The number of carbonyl (C=O) groups excluding carboxylic acids is 1. The number of carbonyl (C=O) groups is 1. The van der Waals surface area contributed by atoms with Gasteiger partial charge in [-0.3, -0.25) is 4.99 Å². The highest BCUT2D eigenvalue weighted by atomic mass is 19.4. The van der Waals surface area contributed by atoms with Crippen LogP contribution in [0.15, 0.2) is 59.6 Å². The normalized spacial score (nSPS) is 12.7. The highest BCUT2D eigenvalue weighted by molar-refractivity contribution is 5.89. The van der Waals surface area contributed by atoms with E-state index in [1.807, 2.05) is 0 Å². The molecule has 2 rings (SSSR count). The van der Waals surface area contributed by atoms with Crippen LogP contribution in [0.2, 0.25) is 0 Å². The summed E-state index contributed by atoms with van der Waals surface area (Å²) in [6, 6.07) is 11.8. The monoisotopic (exact) mass is 375 g/mol. The van der Waals surface area contributed by atoms with Gasteiger partial charge >= 0.3 is 12.1 Å². The number of para-hydroxylation sites is 1. The van der Waals surface area contributed by atoms with Gasteiger partial charge in [0, 0.05) is 17.9 Å². The van der Waals surface area contributed by atoms with Crippen LogP contribution in [-0.2, 0) is 15.7 Å². The van der Waals surface area contributed by atoms with Crippen molar-refractivity contribution in [2.24, 2.45) is 4.99 Å². The van der Waals surface area contributed by atoms with Gasteiger partial charge in [-0.2, -0.15) is 13.2 Å². The molecule has 0 spiro atoms. The lowest BCUT2D eigenvalue weighted by molar-refractivity contribution is -0.148. The van der Waals surface area contributed by atoms with E-state index < -0.39 is 23.3 Å². The molecule has 0 aliphatic carbocycles. The Morgan fingerprint density at radius 3 is 2.22 bits per heavy atom. The summed E-state index contributed by atoms with van der Waals surface area (Å²) < 4.78 is 43.0. The summed E-state index contributed by atoms with van der Waals surface area (Å²) in [6.45, 7) is 5.34. The van der Waals surface area contributed by atoms with Crippen molar-refractivity contribution in [3.05, 3.63) is 71.3 Å². The second kappa shape index (κ2) is 8.20. The van der Waals surface area contributed by atoms with Crippen molar-refractivity contribution < 1.29 is 22.7 Å². The van der Waals surface area contributed by atoms with Gasteiger partial charge in [-0.1, -0.05) is 30.3 Å². The molecule has 0 saturated carbocycles. The molecule has 2 aromatic rings. The molecule has 0 unspecified atom stereocenters. The average molecular weight is 375 g/mol. The zero-order valence-corrected chi connectivity index (χ0v) is 15.2. The summed E-state index contributed by atoms with van der Waals surface area (Å²) in [5.41, 5.74) is 0.514. The Morgan fingerprint density at radius 1 is 1.00 bits per heavy atom. The highest BCUT2D eigenvalue weighted by Gasteiger charge is 2.29. The largest absolute Gasteiger partial charge is 0.457 e. The van der Waals surface area contributed by atoms with Crippen LogP contribution in [0.3, 0.4) is 0 Å². The summed E-state index contributed by atoms with van der Waals surface area (Å²) in [5, 5.41) is 0. The number of hydrogen-bond acceptors (Lipinski definition) is 3. The molecule has 0 atom stereocenters. The first-order valence-electron chi connectivity index (χ1n) is 8.26. The number of alkyl halides is 3. The molecule has 0 bridgehead atoms. The SMILES string of the molecule is CC(C)(C)OC(=O)/C=C/c1ccccc1N=Cc1ccc(C(F)(F)F)cc1. The van der Waals surface area contributed by atoms with Gasteiger partial charge in [0.25, 0.3) is 0 Å². The van der Waals surface area contributed by atoms with Crippen molar-refractivity contribution in [1.82, 2.24) is 0 Å². The van der Waals surface area contributed by atoms with Crippen LogP contribution < -0.4 is 0 Å². The van der Waals surface area contributed by atoms with Crippen LogP contribution in [0.1, 0.15) is 37.5 Å². The fourth-order valence-corrected chi connectivity index (χ4v) is 2.14. The van der Waals surface area contributed by atoms with E-state index in [9.17, 15) is 18.0 Å². The molecule has 0 radical (unpaired) electrons. The summed E-state index contributed by atoms with van der Waals surface area (Å²) in [7, 11) is 0. The lowest BCUT2D eigenvalue weighted by Gasteiger charge is -2.17. The third-order valence-corrected chi connectivity index (χ3v) is 3.33. The summed E-state index contributed by atoms with van der Waals surface area (Å²) >= 11 is 0. The number of benzene rings is 2. The Balaban J connectivity index is 2.16. The van der Waals surface area contributed by atoms with Crippen molar-refractivity contribution in [1.29, 1.82) is 0 Å². The van der Waals surface area contributed by atoms with Crippen molar-refractivity contribution in [3.8, 4) is 0 Å². The molecule has 0 heterocycles. The first-order chi connectivity index (χ1) is 12.5. The van der Waals surface area contributed by atoms with E-state index in [4.69, 9.17) is 4.74 Å². The third kappa shape index (κ3) is 6.73. The summed E-state index contributed by atoms with van der Waals surface area (Å²) in [6.07, 6.45) is 0.0141. The smallest absolute Gasteiger partial charge is 0.416 e. The van der Waals surface area contributed by atoms with Crippen LogP contribution >= 0.6 is 0 Å². The number of ether oxygens (including phenoxy) is 1. The third-order valence-electron chi connectivity index (χ3n) is 3.33. The standard InChI is InChI=1S/C21H20F3NO2/c1-20(2,3)27-19(26)13-10-16-6-4-5-7-18(16)25-14-15-8-11-17(12-9-15)21(22,23)24/h4-14H,1-3H3/b13-10+,25-14?. The van der Waals surface area contributed by atoms with Crippen LogP contribution in [0.25, 0.3) is 6.08 Å². The van der Waals surface area contributed by atoms with E-state index in [2.05, 4.69) is 4.99 Å². The predicted molar refractivity (Wildman–Crippen MR) is 100 cm³/mol. The summed E-state index contributed by atoms with van der Waals surface area (Å²) in [4.78, 5) is 16.1. The molecular weight excluding hydrogens is 355 g/mol. The molecule has 0 N–H and O–H groups in total. The molecule has 0 aromatic heterocycles. The quantitative estimate of drug-likeness (QED) is 0.384. The van der Waals surface area contributed by atoms with Gasteiger partial charge in [0.15, 0.2) is 0 Å². The van der Waals surface area contributed by atoms with E-state index in [-0.39, 0.29) is 0 Å². The number of halogens is 3. The lowest BCUT2D eigenvalue weighted by Crippen LogP contribution is -2.22. The zero-order chi connectivity index (χ0) is 20.1. The van der Waals surface area contributed by atoms with Gasteiger partial charge in [0.05, 0.1) is 11.3 Å². The number of hydrogen-bond donors (Lipinski definition) is 0. The molecule has 0 amide bonds. The van der Waals surface area contributed by atoms with Crippen LogP contribution in [0.4, 0.5) is 18.9 Å². The number of aliphatic imine (C=N–C) groups is 1. The van der Waals surface area contributed by atoms with Gasteiger partial charge in [0.2, 0.25) is 0 Å². The molecule has 0 aliphatic heterocycles. The number of nitrogens with zero attached hydrogens (tertiary/aromatic N) is 1. The lowest BCUT2D eigenvalue weighted by atomic mass is 10.1. The second-order valence-electron chi connectivity index (χ2n) is 6.80. The van der Waals surface area contributed by atoms with Crippen LogP contribution in [0.5, 0.6) is 0 Å². The maximum absolute atomic E-state index is 12.6. The first kappa shape index (κ1) is 20.4. The maximum atomic E-state index is 12.6. The fourth-order valence-electron chi connectivity index (χ4n) is 2.14. The summed E-state index contributed by atoms with van der Waals surface area (Å²) in [5.74, 6) is -0.468. The van der Waals surface area contributed by atoms with Crippen LogP contribution in [0, 0.1) is 0 Å². The van der Waals surface area contributed by atoms with Gasteiger partial charge in [-0.05, 0) is 50.6 Å². The zero-order valence-electron chi connectivity index (χ0n) is 15.2. The molecule has 3 nitrogen and oxygen atoms in total. The molecular formula is C21H20F3NO2. The minimum absolute atomic E-state index is 0.468. The second-order valence-corrected chi connectivity index (χ2v) is 6.80. The topological polar surface area (TPSA) is 38.7 Å². The van der Waals surface area contributed by atoms with Gasteiger partial charge < -0.3 is 4.74 Å². The molecule has 142 valence electrons. The predicted octanol–water partition coefficient (Wildman–Crippen LogP) is 5.81. The minimum atomic E-state index is -4.37. The molecule has 6 heteroatoms. The fraction of sp³-hybridized carbons (Fsp3) is 0.238. The molecule has 0 saturated heterocycles. The van der Waals surface area contributed by atoms with Crippen LogP contribution in [-0.4, -0.2) is 17.8 Å². The molecule has 2 aromatic carbocycles. The van der Waals surface area contributed by atoms with E-state index >= 15 is 0 Å². The van der Waals surface area contributed by atoms with E-state index in [1.54, 1.807) is 51.1 Å². The number of esters is 1. The first-order valence-corrected chi connectivity index (χ1v) is 8.26. The van der Waals surface area contributed by atoms with E-state index in [0.717, 1.165) is 12.1 Å². The van der Waals surface area contributed by atoms with Crippen molar-refractivity contribution >= 4 is 23.9 Å². The van der Waals surface area contributed by atoms with Gasteiger partial charge in [-0.25, -0.2) is 4.79 Å². The Labute approximate surface area is 156 Å². The molecule has 27 heavy (non-hydrogen) atoms. The maximum Gasteiger partial charge on any atom is 0.416 e. The van der Waals surface area contributed by atoms with Crippen molar-refractivity contribution in [2.75, 3.05) is 0 Å². The van der Waals surface area contributed by atoms with Gasteiger partial charge in [-0.15, -0.1) is 0 Å². The molecule has 0 fully saturated rings.